The van der Waals surface area contributed by atoms with Gasteiger partial charge in [-0.25, -0.2) is 4.79 Å². The van der Waals surface area contributed by atoms with E-state index in [0.29, 0.717) is 26.1 Å². The molecule has 0 spiro atoms. The van der Waals surface area contributed by atoms with E-state index in [2.05, 4.69) is 84.6 Å². The van der Waals surface area contributed by atoms with Crippen LogP contribution in [-0.2, 0) is 39.5 Å². The summed E-state index contributed by atoms with van der Waals surface area (Å²) < 4.78 is 37.3. The zero-order valence-electron chi connectivity index (χ0n) is 29.9. The molecular weight excluding hydrogens is 596 g/mol. The highest BCUT2D eigenvalue weighted by Crippen LogP contribution is 2.50. The first-order valence-electron chi connectivity index (χ1n) is 16.5. The third kappa shape index (κ3) is 9.17. The van der Waals surface area contributed by atoms with Gasteiger partial charge in [0, 0.05) is 25.2 Å². The van der Waals surface area contributed by atoms with Crippen LogP contribution in [0.15, 0.2) is 66.8 Å². The van der Waals surface area contributed by atoms with Crippen LogP contribution >= 0.6 is 0 Å². The maximum absolute atomic E-state index is 12.4. The van der Waals surface area contributed by atoms with Crippen molar-refractivity contribution in [1.29, 1.82) is 0 Å². The van der Waals surface area contributed by atoms with E-state index in [0.717, 1.165) is 24.0 Å². The summed E-state index contributed by atoms with van der Waals surface area (Å²) in [6.45, 7) is 22.8. The molecule has 8 heteroatoms. The maximum Gasteiger partial charge on any atom is 0.330 e. The normalized spacial score (nSPS) is 25.0. The average molecular weight is 655 g/mol. The van der Waals surface area contributed by atoms with Gasteiger partial charge in [0.05, 0.1) is 32.0 Å². The molecule has 2 aromatic rings. The zero-order chi connectivity index (χ0) is 34.2. The Balaban J connectivity index is 1.94. The number of rotatable bonds is 16. The molecule has 0 bridgehead atoms. The molecule has 256 valence electrons. The van der Waals surface area contributed by atoms with E-state index < -0.39 is 19.3 Å². The second kappa shape index (κ2) is 16.2. The van der Waals surface area contributed by atoms with E-state index in [4.69, 9.17) is 28.1 Å². The lowest BCUT2D eigenvalue weighted by molar-refractivity contribution is -0.285. The lowest BCUT2D eigenvalue weighted by Crippen LogP contribution is -2.63. The van der Waals surface area contributed by atoms with Crippen molar-refractivity contribution in [3.63, 3.8) is 0 Å². The number of methoxy groups -OCH3 is 2. The van der Waals surface area contributed by atoms with Crippen molar-refractivity contribution in [1.82, 2.24) is 0 Å². The lowest BCUT2D eigenvalue weighted by atomic mass is 9.66. The van der Waals surface area contributed by atoms with Crippen molar-refractivity contribution in [2.24, 2.45) is 5.41 Å². The predicted octanol–water partition coefficient (Wildman–Crippen LogP) is 8.77. The highest BCUT2D eigenvalue weighted by Gasteiger charge is 2.56. The zero-order valence-corrected chi connectivity index (χ0v) is 30.9. The van der Waals surface area contributed by atoms with Gasteiger partial charge >= 0.3 is 5.97 Å². The van der Waals surface area contributed by atoms with Crippen LogP contribution in [0.4, 0.5) is 0 Å². The smallest absolute Gasteiger partial charge is 0.330 e. The largest absolute Gasteiger partial charge is 0.466 e. The molecule has 1 fully saturated rings. The van der Waals surface area contributed by atoms with Gasteiger partial charge in [0.25, 0.3) is 0 Å². The van der Waals surface area contributed by atoms with E-state index in [9.17, 15) is 4.79 Å². The number of fused-ring (bicyclic) bond motifs is 1. The molecule has 1 heterocycles. The summed E-state index contributed by atoms with van der Waals surface area (Å²) in [5.41, 5.74) is 0.627. The van der Waals surface area contributed by atoms with Crippen molar-refractivity contribution >= 4 is 25.1 Å². The topological polar surface area (TPSA) is 72.5 Å². The fraction of sp³-hybridized carbons (Fsp3) is 0.605. The minimum Gasteiger partial charge on any atom is -0.466 e. The van der Waals surface area contributed by atoms with Gasteiger partial charge in [-0.1, -0.05) is 75.7 Å². The Hall–Kier alpha value is -2.33. The summed E-state index contributed by atoms with van der Waals surface area (Å²) in [5.74, 6) is -0.385. The minimum absolute atomic E-state index is 0.107. The number of esters is 1. The molecule has 0 radical (unpaired) electrons. The van der Waals surface area contributed by atoms with Crippen molar-refractivity contribution in [3.8, 4) is 0 Å². The third-order valence-electron chi connectivity index (χ3n) is 10.3. The van der Waals surface area contributed by atoms with Gasteiger partial charge in [-0.2, -0.15) is 0 Å². The summed E-state index contributed by atoms with van der Waals surface area (Å²) in [4.78, 5) is 12.4. The molecule has 1 aliphatic rings. The maximum atomic E-state index is 12.4. The second-order valence-electron chi connectivity index (χ2n) is 14.6. The molecule has 0 N–H and O–H groups in total. The van der Waals surface area contributed by atoms with Crippen molar-refractivity contribution in [2.75, 3.05) is 27.6 Å². The van der Waals surface area contributed by atoms with Gasteiger partial charge in [-0.3, -0.25) is 0 Å². The Bertz CT molecular complexity index is 1330. The molecule has 0 aliphatic carbocycles. The van der Waals surface area contributed by atoms with Crippen LogP contribution in [0.1, 0.15) is 72.8 Å². The van der Waals surface area contributed by atoms with E-state index >= 15 is 0 Å². The van der Waals surface area contributed by atoms with Gasteiger partial charge in [-0.15, -0.1) is 6.58 Å². The average Bonchev–Trinajstić information content (AvgIpc) is 3.01. The van der Waals surface area contributed by atoms with Crippen LogP contribution in [0.5, 0.6) is 0 Å². The SMILES string of the molecule is C=CC[C@H](OCc1ccc2ccccc2c1)[C@]1(C)O[C@H](CCCO[Si](C)(C)C(C)(C)C)[C@@](C)(/C(C)=C\C(=O)OC)C[C@H]1OCOC. The van der Waals surface area contributed by atoms with Gasteiger partial charge in [-0.05, 0) is 80.1 Å². The first-order chi connectivity index (χ1) is 21.6. The van der Waals surface area contributed by atoms with Crippen molar-refractivity contribution in [2.45, 2.75) is 116 Å². The lowest BCUT2D eigenvalue weighted by Gasteiger charge is -2.55. The Kier molecular flexibility index (Phi) is 13.4. The summed E-state index contributed by atoms with van der Waals surface area (Å²) in [5, 5.41) is 2.50. The van der Waals surface area contributed by atoms with E-state index in [1.54, 1.807) is 13.2 Å². The first-order valence-corrected chi connectivity index (χ1v) is 19.4. The Morgan fingerprint density at radius 1 is 1.13 bits per heavy atom. The second-order valence-corrected chi connectivity index (χ2v) is 19.4. The van der Waals surface area contributed by atoms with Crippen LogP contribution in [0, 0.1) is 5.41 Å². The molecule has 2 aromatic carbocycles. The Labute approximate surface area is 278 Å². The summed E-state index contributed by atoms with van der Waals surface area (Å²) in [6.07, 6.45) is 5.23. The molecule has 0 aromatic heterocycles. The number of hydrogen-bond donors (Lipinski definition) is 0. The van der Waals surface area contributed by atoms with E-state index in [1.807, 2.05) is 25.1 Å². The molecule has 1 saturated heterocycles. The highest BCUT2D eigenvalue weighted by molar-refractivity contribution is 6.74. The van der Waals surface area contributed by atoms with Gasteiger partial charge in [0.15, 0.2) is 8.32 Å². The molecule has 0 unspecified atom stereocenters. The van der Waals surface area contributed by atoms with Crippen molar-refractivity contribution < 1.29 is 32.9 Å². The number of benzene rings is 2. The Morgan fingerprint density at radius 2 is 1.83 bits per heavy atom. The summed E-state index contributed by atoms with van der Waals surface area (Å²) in [6, 6.07) is 14.7. The number of carbonyl (C=O) groups is 1. The monoisotopic (exact) mass is 654 g/mol. The summed E-state index contributed by atoms with van der Waals surface area (Å²) in [7, 11) is 1.12. The van der Waals surface area contributed by atoms with Crippen molar-refractivity contribution in [3.05, 3.63) is 72.3 Å². The number of hydrogen-bond acceptors (Lipinski definition) is 7. The molecule has 46 heavy (non-hydrogen) atoms. The Morgan fingerprint density at radius 3 is 2.46 bits per heavy atom. The molecule has 3 rings (SSSR count). The van der Waals surface area contributed by atoms with E-state index in [-0.39, 0.29) is 36.1 Å². The van der Waals surface area contributed by atoms with Gasteiger partial charge in [0.2, 0.25) is 0 Å². The fourth-order valence-corrected chi connectivity index (χ4v) is 7.13. The number of ether oxygens (including phenoxy) is 5. The predicted molar refractivity (Wildman–Crippen MR) is 188 cm³/mol. The molecule has 7 nitrogen and oxygen atoms in total. The molecule has 1 aliphatic heterocycles. The number of carbonyl (C=O) groups excluding carboxylic acids is 1. The van der Waals surface area contributed by atoms with Crippen LogP contribution in [0.25, 0.3) is 10.8 Å². The molecular formula is C38H58O7Si. The molecule has 0 amide bonds. The van der Waals surface area contributed by atoms with Gasteiger partial charge < -0.3 is 28.1 Å². The third-order valence-corrected chi connectivity index (χ3v) is 14.9. The summed E-state index contributed by atoms with van der Waals surface area (Å²) >= 11 is 0. The van der Waals surface area contributed by atoms with E-state index in [1.165, 1.54) is 17.9 Å². The standard InChI is InChI=1S/C38H58O7Si/c1-12-16-33(42-26-29-20-21-30-17-13-14-18-31(30)24-29)38(7)34(43-27-40-8)25-37(6,28(2)23-35(39)41-9)32(45-38)19-15-22-44-46(10,11)36(3,4)5/h12-14,17-18,20-21,23-24,32-34H,1,15-16,19,22,25-27H2,2-11H3/b28-23-/t32-,33+,34-,37-,38+/m1/s1. The van der Waals surface area contributed by atoms with Crippen LogP contribution in [0.3, 0.4) is 0 Å². The molecule has 0 saturated carbocycles. The fourth-order valence-electron chi connectivity index (χ4n) is 6.04. The molecule has 5 atom stereocenters. The van der Waals surface area contributed by atoms with Crippen LogP contribution in [-0.4, -0.2) is 65.8 Å². The first kappa shape index (κ1) is 38.1. The quantitative estimate of drug-likeness (QED) is 0.0448. The van der Waals surface area contributed by atoms with Crippen LogP contribution in [0.2, 0.25) is 18.1 Å². The van der Waals surface area contributed by atoms with Gasteiger partial charge in [0.1, 0.15) is 12.4 Å². The minimum atomic E-state index is -1.90. The van der Waals surface area contributed by atoms with Crippen LogP contribution < -0.4 is 0 Å². The highest BCUT2D eigenvalue weighted by atomic mass is 28.4.